The minimum atomic E-state index is -0.497. The van der Waals surface area contributed by atoms with Crippen LogP contribution in [0, 0.1) is 11.7 Å². The fourth-order valence-electron chi connectivity index (χ4n) is 5.61. The molecule has 3 aliphatic rings. The number of methoxy groups -OCH3 is 1. The monoisotopic (exact) mass is 477 g/mol. The van der Waals surface area contributed by atoms with Gasteiger partial charge >= 0.3 is 0 Å². The molecule has 182 valence electrons. The Bertz CT molecular complexity index is 1360. The number of rotatable bonds is 6. The highest BCUT2D eigenvalue weighted by molar-refractivity contribution is 6.08. The second-order valence-corrected chi connectivity index (χ2v) is 9.73. The molecule has 7 nitrogen and oxygen atoms in total. The van der Waals surface area contributed by atoms with E-state index in [9.17, 15) is 9.59 Å². The molecule has 2 atom stereocenters. The minimum Gasteiger partial charge on any atom is -0.492 e. The number of hydrogen-bond donors (Lipinski definition) is 1. The van der Waals surface area contributed by atoms with Gasteiger partial charge in [-0.05, 0) is 68.5 Å². The first kappa shape index (κ1) is 22.1. The van der Waals surface area contributed by atoms with Crippen LogP contribution in [-0.2, 0) is 0 Å². The van der Waals surface area contributed by atoms with Gasteiger partial charge in [-0.25, -0.2) is 4.39 Å². The molecule has 1 aliphatic carbocycles. The lowest BCUT2D eigenvalue weighted by Crippen LogP contribution is -2.40. The quantitative estimate of drug-likeness (QED) is 0.424. The van der Waals surface area contributed by atoms with Crippen molar-refractivity contribution in [3.8, 4) is 5.75 Å². The fraction of sp³-hybridized carbons (Fsp3) is 0.407. The third-order valence-electron chi connectivity index (χ3n) is 7.47. The summed E-state index contributed by atoms with van der Waals surface area (Å²) in [6.45, 7) is 2.43. The Hall–Kier alpha value is -3.39. The number of allylic oxidation sites excluding steroid dienone is 1. The van der Waals surface area contributed by atoms with Crippen LogP contribution in [0.1, 0.15) is 47.8 Å². The van der Waals surface area contributed by atoms with Crippen LogP contribution in [0.25, 0.3) is 17.0 Å². The summed E-state index contributed by atoms with van der Waals surface area (Å²) in [7, 11) is 1.52. The predicted octanol–water partition coefficient (Wildman–Crippen LogP) is 4.16. The van der Waals surface area contributed by atoms with E-state index in [0.717, 1.165) is 38.8 Å². The first-order valence-corrected chi connectivity index (χ1v) is 12.2. The molecule has 2 saturated heterocycles. The van der Waals surface area contributed by atoms with E-state index in [1.54, 1.807) is 18.3 Å². The third kappa shape index (κ3) is 3.86. The van der Waals surface area contributed by atoms with Gasteiger partial charge in [-0.2, -0.15) is 0 Å². The van der Waals surface area contributed by atoms with Gasteiger partial charge in [0.05, 0.1) is 29.8 Å². The number of benzene rings is 1. The summed E-state index contributed by atoms with van der Waals surface area (Å²) in [6.07, 6.45) is 10.1. The number of piperidine rings is 1. The van der Waals surface area contributed by atoms with Crippen molar-refractivity contribution >= 4 is 28.4 Å². The van der Waals surface area contributed by atoms with Gasteiger partial charge in [0.1, 0.15) is 11.4 Å². The van der Waals surface area contributed by atoms with E-state index >= 15 is 4.39 Å². The average Bonchev–Trinajstić information content (AvgIpc) is 3.40. The Balaban J connectivity index is 1.48. The van der Waals surface area contributed by atoms with Crippen molar-refractivity contribution in [1.29, 1.82) is 0 Å². The summed E-state index contributed by atoms with van der Waals surface area (Å²) < 4.78 is 28.7. The van der Waals surface area contributed by atoms with Crippen LogP contribution in [0.4, 0.5) is 10.1 Å². The summed E-state index contributed by atoms with van der Waals surface area (Å²) >= 11 is 0. The number of furan rings is 1. The zero-order valence-corrected chi connectivity index (χ0v) is 19.6. The van der Waals surface area contributed by atoms with Crippen LogP contribution in [0.2, 0.25) is 0 Å². The van der Waals surface area contributed by atoms with Crippen molar-refractivity contribution < 1.29 is 18.3 Å². The Morgan fingerprint density at radius 2 is 2.14 bits per heavy atom. The lowest BCUT2D eigenvalue weighted by Gasteiger charge is -2.25. The molecular formula is C27H28FN3O4. The molecule has 0 radical (unpaired) electrons. The van der Waals surface area contributed by atoms with Crippen molar-refractivity contribution in [1.82, 2.24) is 9.88 Å². The number of nitrogens with one attached hydrogen (secondary N) is 1. The van der Waals surface area contributed by atoms with Crippen LogP contribution in [0.15, 0.2) is 45.9 Å². The normalized spacial score (nSPS) is 22.2. The van der Waals surface area contributed by atoms with Crippen LogP contribution in [-0.4, -0.2) is 43.1 Å². The molecule has 8 heteroatoms. The number of nitrogens with zero attached hydrogens (tertiary/aromatic N) is 2. The lowest BCUT2D eigenvalue weighted by molar-refractivity contribution is 0.104. The highest BCUT2D eigenvalue weighted by Gasteiger charge is 2.38. The van der Waals surface area contributed by atoms with Crippen molar-refractivity contribution in [3.05, 3.63) is 64.1 Å². The summed E-state index contributed by atoms with van der Waals surface area (Å²) in [5.74, 6) is 0.409. The average molecular weight is 478 g/mol. The van der Waals surface area contributed by atoms with Gasteiger partial charge in [0.2, 0.25) is 5.43 Å². The highest BCUT2D eigenvalue weighted by atomic mass is 19.1. The second kappa shape index (κ2) is 8.68. The molecule has 3 fully saturated rings. The van der Waals surface area contributed by atoms with Crippen LogP contribution in [0.5, 0.6) is 5.75 Å². The van der Waals surface area contributed by atoms with Gasteiger partial charge in [-0.15, -0.1) is 0 Å². The molecular weight excluding hydrogens is 449 g/mol. The van der Waals surface area contributed by atoms with E-state index in [1.807, 2.05) is 9.47 Å². The van der Waals surface area contributed by atoms with E-state index in [2.05, 4.69) is 5.32 Å². The number of fused-ring (bicyclic) bond motifs is 2. The standard InChI is InChI=1S/C27H28FN3O4/c1-34-27-24-19(12-21(28)25(27)30-13-16-4-2-10-29-22(16)15-30)26(33)20(14-31(24)17-6-7-17)23(32)9-8-18-5-3-11-35-18/h3,5,8-9,11-12,14,16-17,22,29H,2,4,6-7,10,13,15H2,1H3. The summed E-state index contributed by atoms with van der Waals surface area (Å²) in [6, 6.07) is 5.21. The van der Waals surface area contributed by atoms with Crippen LogP contribution < -0.4 is 20.4 Å². The molecule has 4 heterocycles. The summed E-state index contributed by atoms with van der Waals surface area (Å²) in [4.78, 5) is 28.5. The van der Waals surface area contributed by atoms with Crippen LogP contribution in [0.3, 0.4) is 0 Å². The van der Waals surface area contributed by atoms with Gasteiger partial charge in [0.25, 0.3) is 0 Å². The van der Waals surface area contributed by atoms with E-state index in [1.165, 1.54) is 31.6 Å². The molecule has 0 amide bonds. The molecule has 1 N–H and O–H groups in total. The number of carbonyl (C=O) groups excluding carboxylic acids is 1. The number of anilines is 1. The largest absolute Gasteiger partial charge is 0.492 e. The van der Waals surface area contributed by atoms with Gasteiger partial charge in [0.15, 0.2) is 17.3 Å². The van der Waals surface area contributed by atoms with Crippen LogP contribution >= 0.6 is 0 Å². The second-order valence-electron chi connectivity index (χ2n) is 9.73. The van der Waals surface area contributed by atoms with E-state index in [-0.39, 0.29) is 17.0 Å². The SMILES string of the molecule is COc1c(N2CC3CCCNC3C2)c(F)cc2c(=O)c(C(=O)C=Cc3ccco3)cn(C3CC3)c12. The van der Waals surface area contributed by atoms with E-state index < -0.39 is 17.0 Å². The van der Waals surface area contributed by atoms with Gasteiger partial charge in [-0.1, -0.05) is 0 Å². The molecule has 2 aliphatic heterocycles. The molecule has 35 heavy (non-hydrogen) atoms. The smallest absolute Gasteiger partial charge is 0.200 e. The van der Waals surface area contributed by atoms with Crippen molar-refractivity contribution in [2.75, 3.05) is 31.6 Å². The Labute approximate surface area is 202 Å². The summed E-state index contributed by atoms with van der Waals surface area (Å²) in [5.41, 5.74) is 0.483. The molecule has 2 unspecified atom stereocenters. The minimum absolute atomic E-state index is 0.0119. The Morgan fingerprint density at radius 1 is 1.29 bits per heavy atom. The first-order chi connectivity index (χ1) is 17.0. The van der Waals surface area contributed by atoms with Crippen molar-refractivity contribution in [2.45, 2.75) is 37.8 Å². The number of carbonyl (C=O) groups is 1. The molecule has 3 aromatic rings. The van der Waals surface area contributed by atoms with Crippen molar-refractivity contribution in [2.24, 2.45) is 5.92 Å². The number of halogens is 1. The van der Waals surface area contributed by atoms with Crippen molar-refractivity contribution in [3.63, 3.8) is 0 Å². The molecule has 0 bridgehead atoms. The topological polar surface area (TPSA) is 76.7 Å². The maximum absolute atomic E-state index is 15.7. The number of ether oxygens (including phenoxy) is 1. The number of pyridine rings is 1. The Kier molecular flexibility index (Phi) is 5.48. The zero-order chi connectivity index (χ0) is 24.1. The van der Waals surface area contributed by atoms with Gasteiger partial charge in [-0.3, -0.25) is 9.59 Å². The summed E-state index contributed by atoms with van der Waals surface area (Å²) in [5, 5.41) is 3.72. The third-order valence-corrected chi connectivity index (χ3v) is 7.47. The molecule has 6 rings (SSSR count). The number of ketones is 1. The predicted molar refractivity (Wildman–Crippen MR) is 132 cm³/mol. The van der Waals surface area contributed by atoms with E-state index in [4.69, 9.17) is 9.15 Å². The maximum atomic E-state index is 15.7. The van der Waals surface area contributed by atoms with Gasteiger partial charge < -0.3 is 23.9 Å². The molecule has 1 saturated carbocycles. The number of hydrogen-bond acceptors (Lipinski definition) is 6. The first-order valence-electron chi connectivity index (χ1n) is 12.2. The Morgan fingerprint density at radius 3 is 2.86 bits per heavy atom. The molecule has 0 spiro atoms. The zero-order valence-electron chi connectivity index (χ0n) is 19.6. The van der Waals surface area contributed by atoms with Gasteiger partial charge in [0, 0.05) is 31.4 Å². The molecule has 1 aromatic carbocycles. The lowest BCUT2D eigenvalue weighted by atomic mass is 9.94. The maximum Gasteiger partial charge on any atom is 0.200 e. The fourth-order valence-corrected chi connectivity index (χ4v) is 5.61. The van der Waals surface area contributed by atoms with E-state index in [0.29, 0.717) is 41.2 Å². The highest BCUT2D eigenvalue weighted by Crippen LogP contribution is 2.45. The number of aromatic nitrogens is 1. The molecule has 2 aromatic heterocycles.